The molecule has 1 amide bonds. The van der Waals surface area contributed by atoms with E-state index in [1.165, 1.54) is 18.3 Å². The van der Waals surface area contributed by atoms with Gasteiger partial charge < -0.3 is 25.4 Å². The number of nitrogens with one attached hydrogen (secondary N) is 3. The van der Waals surface area contributed by atoms with E-state index < -0.39 is 20.8 Å². The van der Waals surface area contributed by atoms with Gasteiger partial charge in [-0.1, -0.05) is 78.3 Å². The summed E-state index contributed by atoms with van der Waals surface area (Å²) in [6.45, 7) is 0.0659. The molecule has 52 heavy (non-hydrogen) atoms. The van der Waals surface area contributed by atoms with Crippen LogP contribution in [0.5, 0.6) is 5.88 Å². The predicted octanol–water partition coefficient (Wildman–Crippen LogP) is 6.06. The molecule has 3 N–H and O–H groups in total. The van der Waals surface area contributed by atoms with Gasteiger partial charge in [0.25, 0.3) is 16.8 Å². The highest BCUT2D eigenvalue weighted by atomic mass is 35.5. The number of rotatable bonds is 14. The van der Waals surface area contributed by atoms with Crippen molar-refractivity contribution in [1.82, 2.24) is 25.6 Å². The summed E-state index contributed by atoms with van der Waals surface area (Å²) >= 11 is 6.33. The van der Waals surface area contributed by atoms with E-state index >= 15 is 0 Å². The Hall–Kier alpha value is -6.32. The third-order valence-corrected chi connectivity index (χ3v) is 9.42. The highest BCUT2D eigenvalue weighted by Crippen LogP contribution is 2.28. The molecule has 0 unspecified atom stereocenters. The lowest BCUT2D eigenvalue weighted by Crippen LogP contribution is -2.19. The minimum Gasteiger partial charge on any atom is -0.469 e. The maximum absolute atomic E-state index is 12.9. The number of hydrogen-bond donors (Lipinski definition) is 3. The third kappa shape index (κ3) is 8.69. The average Bonchev–Trinajstić information content (AvgIpc) is 3.66. The topological polar surface area (TPSA) is 188 Å². The van der Waals surface area contributed by atoms with Gasteiger partial charge in [-0.25, -0.2) is 18.0 Å². The highest BCUT2D eigenvalue weighted by Gasteiger charge is 2.28. The number of sulfone groups is 1. The quantitative estimate of drug-likeness (QED) is 0.110. The summed E-state index contributed by atoms with van der Waals surface area (Å²) in [5, 5.41) is 15.8. The van der Waals surface area contributed by atoms with Crippen LogP contribution in [0.2, 0.25) is 5.02 Å². The van der Waals surface area contributed by atoms with Crippen molar-refractivity contribution in [3.05, 3.63) is 137 Å². The molecule has 6 rings (SSSR count). The molecule has 16 heteroatoms. The number of hydrogen-bond acceptors (Lipinski definition) is 13. The minimum atomic E-state index is -3.97. The van der Waals surface area contributed by atoms with Gasteiger partial charge in [-0.15, -0.1) is 0 Å². The molecule has 2 aromatic heterocycles. The van der Waals surface area contributed by atoms with E-state index in [1.807, 2.05) is 0 Å². The molecule has 0 aliphatic carbocycles. The van der Waals surface area contributed by atoms with Crippen LogP contribution in [-0.4, -0.2) is 47.6 Å². The van der Waals surface area contributed by atoms with Crippen LogP contribution in [0.3, 0.4) is 0 Å². The van der Waals surface area contributed by atoms with Crippen molar-refractivity contribution >= 4 is 56.5 Å². The normalized spacial score (nSPS) is 11.0. The highest BCUT2D eigenvalue weighted by molar-refractivity contribution is 7.91. The first-order chi connectivity index (χ1) is 25.2. The summed E-state index contributed by atoms with van der Waals surface area (Å²) in [5.41, 5.74) is 3.85. The van der Waals surface area contributed by atoms with Crippen LogP contribution in [0.15, 0.2) is 124 Å². The van der Waals surface area contributed by atoms with E-state index in [9.17, 15) is 18.0 Å². The van der Waals surface area contributed by atoms with Gasteiger partial charge in [0.1, 0.15) is 18.2 Å². The molecule has 2 heterocycles. The van der Waals surface area contributed by atoms with E-state index in [1.54, 1.807) is 98.0 Å². The van der Waals surface area contributed by atoms with Crippen molar-refractivity contribution in [1.29, 1.82) is 0 Å². The number of ether oxygens (including phenoxy) is 2. The minimum absolute atomic E-state index is 0.00625. The van der Waals surface area contributed by atoms with Crippen LogP contribution in [0.25, 0.3) is 0 Å². The number of aromatic nitrogens is 4. The van der Waals surface area contributed by atoms with Crippen LogP contribution in [0.1, 0.15) is 27.0 Å². The zero-order chi connectivity index (χ0) is 36.5. The summed E-state index contributed by atoms with van der Waals surface area (Å²) in [5.74, 6) is -0.329. The summed E-state index contributed by atoms with van der Waals surface area (Å²) in [6.07, 6.45) is 1.50. The number of nitrogens with zero attached hydrogens (tertiary/aromatic N) is 4. The number of amides is 1. The molecule has 264 valence electrons. The number of esters is 1. The molecule has 14 nitrogen and oxygen atoms in total. The monoisotopic (exact) mass is 739 g/mol. The molecule has 0 radical (unpaired) electrons. The molecule has 0 aliphatic heterocycles. The van der Waals surface area contributed by atoms with Crippen molar-refractivity contribution < 1.29 is 32.1 Å². The lowest BCUT2D eigenvalue weighted by molar-refractivity contribution is -0.144. The number of carbonyl (C=O) groups excluding carboxylic acids is 2. The Morgan fingerprint density at radius 3 is 2.21 bits per heavy atom. The maximum atomic E-state index is 12.9. The van der Waals surface area contributed by atoms with E-state index in [4.69, 9.17) is 21.1 Å². The molecule has 0 fully saturated rings. The fraction of sp³-hybridized carbons (Fsp3) is 0.111. The fourth-order valence-corrected chi connectivity index (χ4v) is 6.14. The lowest BCUT2D eigenvalue weighted by atomic mass is 10.1. The summed E-state index contributed by atoms with van der Waals surface area (Å²) < 4.78 is 41.5. The molecule has 0 aliphatic rings. The second kappa shape index (κ2) is 16.1. The summed E-state index contributed by atoms with van der Waals surface area (Å²) in [4.78, 5) is 33.6. The fourth-order valence-electron chi connectivity index (χ4n) is 4.80. The molecule has 0 atom stereocenters. The molecule has 0 spiro atoms. The van der Waals surface area contributed by atoms with Gasteiger partial charge in [0, 0.05) is 12.7 Å². The smallest absolute Gasteiger partial charge is 0.310 e. The second-order valence-corrected chi connectivity index (χ2v) is 13.4. The largest absolute Gasteiger partial charge is 0.469 e. The van der Waals surface area contributed by atoms with Gasteiger partial charge >= 0.3 is 5.97 Å². The first kappa shape index (κ1) is 35.5. The van der Waals surface area contributed by atoms with Crippen LogP contribution < -0.4 is 20.7 Å². The molecule has 0 saturated carbocycles. The number of benzene rings is 4. The van der Waals surface area contributed by atoms with Crippen molar-refractivity contribution in [2.45, 2.75) is 29.6 Å². The van der Waals surface area contributed by atoms with Gasteiger partial charge in [0.05, 0.1) is 28.8 Å². The van der Waals surface area contributed by atoms with Gasteiger partial charge in [0.2, 0.25) is 15.8 Å². The van der Waals surface area contributed by atoms with Gasteiger partial charge in [-0.05, 0) is 63.4 Å². The summed E-state index contributed by atoms with van der Waals surface area (Å²) in [7, 11) is -2.42. The number of anilines is 4. The molecular weight excluding hydrogens is 710 g/mol. The average molecular weight is 740 g/mol. The molecule has 4 aromatic carbocycles. The molecule has 0 saturated heterocycles. The Kier molecular flexibility index (Phi) is 11.0. The Labute approximate surface area is 303 Å². The molecule has 6 aromatic rings. The number of halogens is 1. The van der Waals surface area contributed by atoms with Crippen molar-refractivity contribution in [2.24, 2.45) is 0 Å². The SMILES string of the molecule is CNC(=O)c1ccccc1Nc1nc(Nc2ccc(CC(=O)OCc3ccc(COc4nonc4S(=O)(=O)c4ccccc4)cc3)cc2)ncc1Cl. The van der Waals surface area contributed by atoms with Crippen LogP contribution in [-0.2, 0) is 39.0 Å². The van der Waals surface area contributed by atoms with Gasteiger partial charge in [0.15, 0.2) is 5.82 Å². The van der Waals surface area contributed by atoms with E-state index in [0.717, 1.165) is 16.7 Å². The Balaban J connectivity index is 0.980. The van der Waals surface area contributed by atoms with Crippen molar-refractivity contribution in [3.8, 4) is 5.88 Å². The number of para-hydroxylation sites is 1. The lowest BCUT2D eigenvalue weighted by Gasteiger charge is -2.13. The Bertz CT molecular complexity index is 2290. The van der Waals surface area contributed by atoms with Gasteiger partial charge in [-0.3, -0.25) is 9.59 Å². The second-order valence-electron chi connectivity index (χ2n) is 11.1. The Morgan fingerprint density at radius 2 is 1.48 bits per heavy atom. The van der Waals surface area contributed by atoms with E-state index in [2.05, 4.69) is 40.9 Å². The zero-order valence-electron chi connectivity index (χ0n) is 27.4. The summed E-state index contributed by atoms with van der Waals surface area (Å²) in [6, 6.07) is 29.0. The molecular formula is C36H30ClN7O7S. The van der Waals surface area contributed by atoms with Crippen molar-refractivity contribution in [3.63, 3.8) is 0 Å². The first-order valence-electron chi connectivity index (χ1n) is 15.6. The van der Waals surface area contributed by atoms with Crippen molar-refractivity contribution in [2.75, 3.05) is 17.7 Å². The van der Waals surface area contributed by atoms with Crippen LogP contribution in [0.4, 0.5) is 23.1 Å². The predicted molar refractivity (Wildman–Crippen MR) is 190 cm³/mol. The maximum Gasteiger partial charge on any atom is 0.310 e. The zero-order valence-corrected chi connectivity index (χ0v) is 29.0. The van der Waals surface area contributed by atoms with E-state index in [0.29, 0.717) is 22.8 Å². The molecule has 0 bridgehead atoms. The van der Waals surface area contributed by atoms with Gasteiger partial charge in [-0.2, -0.15) is 4.98 Å². The van der Waals surface area contributed by atoms with Crippen LogP contribution in [0, 0.1) is 0 Å². The Morgan fingerprint density at radius 1 is 0.808 bits per heavy atom. The number of carbonyl (C=O) groups is 2. The first-order valence-corrected chi connectivity index (χ1v) is 17.5. The van der Waals surface area contributed by atoms with E-state index in [-0.39, 0.29) is 47.3 Å². The third-order valence-electron chi connectivity index (χ3n) is 7.49. The standard InChI is InChI=1S/C36H30ClN7O7S/c1-38-33(46)28-9-5-6-10-30(28)41-32-29(37)20-39-36(42-32)40-26-17-15-23(16-18-26)19-31(45)49-21-24-11-13-25(14-12-24)22-50-34-35(44-51-43-34)52(47,48)27-7-3-2-4-8-27/h2-18,20H,19,21-22H2,1H3,(H,38,46)(H2,39,40,41,42). The van der Waals surface area contributed by atoms with Crippen LogP contribution >= 0.6 is 11.6 Å².